The molecule has 0 radical (unpaired) electrons. The molecule has 3 aromatic rings. The first kappa shape index (κ1) is 18.7. The Kier molecular flexibility index (Phi) is 4.86. The summed E-state index contributed by atoms with van der Waals surface area (Å²) in [7, 11) is 0. The first-order chi connectivity index (χ1) is 14.1. The molecule has 4 atom stereocenters. The Morgan fingerprint density at radius 3 is 2.97 bits per heavy atom. The number of aromatic amines is 1. The maximum atomic E-state index is 12.7. The number of thioether (sulfide) groups is 1. The number of imidazole rings is 1. The van der Waals surface area contributed by atoms with Gasteiger partial charge in [0.05, 0.1) is 33.8 Å². The van der Waals surface area contributed by atoms with Crippen LogP contribution in [0.5, 0.6) is 0 Å². The highest BCUT2D eigenvalue weighted by Crippen LogP contribution is 2.51. The number of anilines is 1. The summed E-state index contributed by atoms with van der Waals surface area (Å²) in [6.07, 6.45) is 5.18. The minimum absolute atomic E-state index is 0.0160. The highest BCUT2D eigenvalue weighted by atomic mass is 32.2. The predicted molar refractivity (Wildman–Crippen MR) is 117 cm³/mol. The summed E-state index contributed by atoms with van der Waals surface area (Å²) >= 11 is 1.59. The molecule has 2 aliphatic carbocycles. The molecule has 2 heterocycles. The van der Waals surface area contributed by atoms with E-state index in [0.29, 0.717) is 11.8 Å². The molecule has 29 heavy (non-hydrogen) atoms. The maximum absolute atomic E-state index is 12.7. The molecular weight excluding hydrogens is 382 g/mol. The van der Waals surface area contributed by atoms with E-state index in [2.05, 4.69) is 26.9 Å². The van der Waals surface area contributed by atoms with E-state index >= 15 is 0 Å². The molecule has 0 saturated heterocycles. The zero-order chi connectivity index (χ0) is 20.0. The van der Waals surface area contributed by atoms with E-state index in [-0.39, 0.29) is 11.2 Å². The average molecular weight is 410 g/mol. The standard InChI is InChI=1S/C22H27N5OS/c1-13-9-20(27(26-13)19-11-15-7-8-16(19)10-15)25-21(28)12-29-14(2)22-23-17-5-3-4-6-18(17)24-22/h3-6,9,14-16,19H,7-8,10-12H2,1-2H3,(H,23,24)(H,25,28)/t14-,15-,16-,19-/m0/s1. The van der Waals surface area contributed by atoms with Crippen LogP contribution in [0.1, 0.15) is 55.4 Å². The van der Waals surface area contributed by atoms with Crippen molar-refractivity contribution in [1.29, 1.82) is 0 Å². The van der Waals surface area contributed by atoms with Crippen molar-refractivity contribution in [2.75, 3.05) is 11.1 Å². The van der Waals surface area contributed by atoms with Gasteiger partial charge in [0.2, 0.25) is 5.91 Å². The van der Waals surface area contributed by atoms with Crippen LogP contribution < -0.4 is 5.32 Å². The number of para-hydroxylation sites is 2. The molecule has 0 unspecified atom stereocenters. The van der Waals surface area contributed by atoms with Gasteiger partial charge in [-0.3, -0.25) is 4.79 Å². The van der Waals surface area contributed by atoms with Gasteiger partial charge in [0, 0.05) is 6.07 Å². The van der Waals surface area contributed by atoms with Crippen LogP contribution in [0.4, 0.5) is 5.82 Å². The number of carbonyl (C=O) groups excluding carboxylic acids is 1. The van der Waals surface area contributed by atoms with Crippen molar-refractivity contribution in [1.82, 2.24) is 19.7 Å². The lowest BCUT2D eigenvalue weighted by Crippen LogP contribution is -2.23. The normalized spacial score (nSPS) is 24.3. The van der Waals surface area contributed by atoms with Gasteiger partial charge < -0.3 is 10.3 Å². The largest absolute Gasteiger partial charge is 0.341 e. The fourth-order valence-electron chi connectivity index (χ4n) is 5.00. The van der Waals surface area contributed by atoms with Crippen molar-refractivity contribution in [2.24, 2.45) is 11.8 Å². The average Bonchev–Trinajstić information content (AvgIpc) is 3.48. The summed E-state index contributed by atoms with van der Waals surface area (Å²) in [5.74, 6) is 3.73. The molecule has 2 bridgehead atoms. The number of hydrogen-bond donors (Lipinski definition) is 2. The lowest BCUT2D eigenvalue weighted by Gasteiger charge is -2.24. The van der Waals surface area contributed by atoms with Gasteiger partial charge >= 0.3 is 0 Å². The number of amides is 1. The van der Waals surface area contributed by atoms with Gasteiger partial charge in [0.1, 0.15) is 11.6 Å². The van der Waals surface area contributed by atoms with Crippen LogP contribution in [-0.4, -0.2) is 31.4 Å². The van der Waals surface area contributed by atoms with Gasteiger partial charge in [0.15, 0.2) is 0 Å². The van der Waals surface area contributed by atoms with Crippen molar-refractivity contribution >= 4 is 34.5 Å². The van der Waals surface area contributed by atoms with Gasteiger partial charge in [-0.15, -0.1) is 11.8 Å². The van der Waals surface area contributed by atoms with Crippen molar-refractivity contribution in [2.45, 2.75) is 50.8 Å². The molecule has 2 aromatic heterocycles. The van der Waals surface area contributed by atoms with Crippen LogP contribution in [0.3, 0.4) is 0 Å². The van der Waals surface area contributed by atoms with E-state index in [4.69, 9.17) is 5.10 Å². The summed E-state index contributed by atoms with van der Waals surface area (Å²) in [5.41, 5.74) is 2.96. The van der Waals surface area contributed by atoms with Crippen LogP contribution >= 0.6 is 11.8 Å². The molecule has 2 fully saturated rings. The van der Waals surface area contributed by atoms with E-state index < -0.39 is 0 Å². The summed E-state index contributed by atoms with van der Waals surface area (Å²) in [5, 5.41) is 7.94. The molecule has 7 heteroatoms. The first-order valence-corrected chi connectivity index (χ1v) is 11.5. The Balaban J connectivity index is 1.22. The monoisotopic (exact) mass is 409 g/mol. The van der Waals surface area contributed by atoms with Crippen LogP contribution in [0.25, 0.3) is 11.0 Å². The third kappa shape index (κ3) is 3.68. The van der Waals surface area contributed by atoms with Crippen molar-refractivity contribution in [3.63, 3.8) is 0 Å². The van der Waals surface area contributed by atoms with Gasteiger partial charge in [-0.1, -0.05) is 18.6 Å². The summed E-state index contributed by atoms with van der Waals surface area (Å²) in [6.45, 7) is 4.08. The molecule has 0 aliphatic heterocycles. The SMILES string of the molecule is Cc1cc(NC(=O)CS[C@@H](C)c2nc3ccccc3[nH]2)n([C@H]2C[C@H]3CC[C@H]2C3)n1. The lowest BCUT2D eigenvalue weighted by atomic mass is 9.95. The Morgan fingerprint density at radius 1 is 1.34 bits per heavy atom. The quantitative estimate of drug-likeness (QED) is 0.609. The molecule has 5 rings (SSSR count). The number of fused-ring (bicyclic) bond motifs is 3. The Bertz CT molecular complexity index is 1010. The van der Waals surface area contributed by atoms with Crippen molar-refractivity contribution in [3.05, 3.63) is 41.9 Å². The van der Waals surface area contributed by atoms with E-state index in [1.165, 1.54) is 25.7 Å². The lowest BCUT2D eigenvalue weighted by molar-refractivity contribution is -0.113. The fourth-order valence-corrected chi connectivity index (χ4v) is 5.74. The van der Waals surface area contributed by atoms with E-state index in [1.807, 2.05) is 37.3 Å². The smallest absolute Gasteiger partial charge is 0.235 e. The highest BCUT2D eigenvalue weighted by molar-refractivity contribution is 8.00. The number of nitrogens with zero attached hydrogens (tertiary/aromatic N) is 3. The Hall–Kier alpha value is -2.28. The van der Waals surface area contributed by atoms with E-state index in [9.17, 15) is 4.79 Å². The van der Waals surface area contributed by atoms with Gasteiger partial charge in [-0.25, -0.2) is 9.67 Å². The second-order valence-electron chi connectivity index (χ2n) is 8.50. The van der Waals surface area contributed by atoms with Crippen LogP contribution in [0, 0.1) is 18.8 Å². The predicted octanol–water partition coefficient (Wildman–Crippen LogP) is 4.86. The van der Waals surface area contributed by atoms with Crippen LogP contribution in [0.2, 0.25) is 0 Å². The molecule has 2 aliphatic rings. The number of nitrogens with one attached hydrogen (secondary N) is 2. The van der Waals surface area contributed by atoms with E-state index in [0.717, 1.165) is 40.2 Å². The number of hydrogen-bond acceptors (Lipinski definition) is 4. The molecule has 0 spiro atoms. The second-order valence-corrected chi connectivity index (χ2v) is 9.83. The third-order valence-corrected chi connectivity index (χ3v) is 7.55. The zero-order valence-corrected chi connectivity index (χ0v) is 17.7. The molecule has 1 amide bonds. The molecule has 6 nitrogen and oxygen atoms in total. The Morgan fingerprint density at radius 2 is 2.21 bits per heavy atom. The van der Waals surface area contributed by atoms with Crippen molar-refractivity contribution < 1.29 is 4.79 Å². The molecule has 1 aromatic carbocycles. The number of aromatic nitrogens is 4. The Labute approximate surface area is 174 Å². The first-order valence-electron chi connectivity index (χ1n) is 10.5. The van der Waals surface area contributed by atoms with Gasteiger partial charge in [0.25, 0.3) is 0 Å². The van der Waals surface area contributed by atoms with Crippen molar-refractivity contribution in [3.8, 4) is 0 Å². The molecule has 2 N–H and O–H groups in total. The molecular formula is C22H27N5OS. The number of carbonyl (C=O) groups is 1. The number of aryl methyl sites for hydroxylation is 1. The fraction of sp³-hybridized carbons (Fsp3) is 0.500. The molecule has 2 saturated carbocycles. The second kappa shape index (κ2) is 7.52. The number of rotatable bonds is 6. The van der Waals surface area contributed by atoms with Crippen LogP contribution in [-0.2, 0) is 4.79 Å². The summed E-state index contributed by atoms with van der Waals surface area (Å²) in [6, 6.07) is 10.4. The highest BCUT2D eigenvalue weighted by Gasteiger charge is 2.41. The van der Waals surface area contributed by atoms with Crippen LogP contribution in [0.15, 0.2) is 30.3 Å². The van der Waals surface area contributed by atoms with Gasteiger partial charge in [-0.05, 0) is 57.1 Å². The van der Waals surface area contributed by atoms with E-state index in [1.54, 1.807) is 11.8 Å². The maximum Gasteiger partial charge on any atom is 0.235 e. The topological polar surface area (TPSA) is 75.6 Å². The zero-order valence-electron chi connectivity index (χ0n) is 16.9. The van der Waals surface area contributed by atoms with Gasteiger partial charge in [-0.2, -0.15) is 5.10 Å². The summed E-state index contributed by atoms with van der Waals surface area (Å²) in [4.78, 5) is 20.7. The summed E-state index contributed by atoms with van der Waals surface area (Å²) < 4.78 is 2.09. The number of H-pyrrole nitrogens is 1. The third-order valence-electron chi connectivity index (χ3n) is 6.40. The molecule has 152 valence electrons. The number of benzene rings is 1. The minimum Gasteiger partial charge on any atom is -0.341 e. The minimum atomic E-state index is 0.0160.